The van der Waals surface area contributed by atoms with E-state index in [2.05, 4.69) is 5.10 Å². The summed E-state index contributed by atoms with van der Waals surface area (Å²) in [5, 5.41) is 18.6. The zero-order valence-electron chi connectivity index (χ0n) is 20.0. The standard InChI is InChI=1S/C26H23N3O7S/c1-34-22-11-8-18(14-23(22)35-2)21-15-20(24-4-3-13-37-24)27-28(21)25(30)16-36-26(31)12-7-17-5-9-19(10-6-17)29(32)33/h3-14,21H,15-16H2,1-2H3/b12-7+. The number of rotatable bonds is 9. The number of hydrazone groups is 1. The molecular weight excluding hydrogens is 498 g/mol. The minimum absolute atomic E-state index is 0.0533. The van der Waals surface area contributed by atoms with Gasteiger partial charge in [-0.1, -0.05) is 12.1 Å². The number of benzene rings is 2. The van der Waals surface area contributed by atoms with Gasteiger partial charge in [-0.2, -0.15) is 5.10 Å². The first-order valence-corrected chi connectivity index (χ1v) is 12.0. The molecule has 11 heteroatoms. The highest BCUT2D eigenvalue weighted by Crippen LogP contribution is 2.37. The molecule has 0 N–H and O–H groups in total. The van der Waals surface area contributed by atoms with Crippen molar-refractivity contribution in [2.45, 2.75) is 12.5 Å². The largest absolute Gasteiger partial charge is 0.493 e. The van der Waals surface area contributed by atoms with Crippen LogP contribution in [0.3, 0.4) is 0 Å². The molecule has 2 aromatic carbocycles. The number of nitrogens with zero attached hydrogens (tertiary/aromatic N) is 3. The minimum atomic E-state index is -0.726. The number of carbonyl (C=O) groups is 2. The fourth-order valence-electron chi connectivity index (χ4n) is 3.77. The maximum Gasteiger partial charge on any atom is 0.331 e. The number of carbonyl (C=O) groups excluding carboxylic acids is 2. The minimum Gasteiger partial charge on any atom is -0.493 e. The molecule has 0 spiro atoms. The average Bonchev–Trinajstić information content (AvgIpc) is 3.61. The summed E-state index contributed by atoms with van der Waals surface area (Å²) in [5.41, 5.74) is 2.08. The van der Waals surface area contributed by atoms with Crippen LogP contribution in [-0.2, 0) is 14.3 Å². The van der Waals surface area contributed by atoms with E-state index < -0.39 is 29.4 Å². The van der Waals surface area contributed by atoms with Gasteiger partial charge in [0.2, 0.25) is 0 Å². The number of hydrogen-bond acceptors (Lipinski definition) is 9. The third-order valence-electron chi connectivity index (χ3n) is 5.62. The van der Waals surface area contributed by atoms with Gasteiger partial charge in [-0.3, -0.25) is 14.9 Å². The molecule has 1 aliphatic rings. The van der Waals surface area contributed by atoms with Gasteiger partial charge >= 0.3 is 5.97 Å². The second-order valence-corrected chi connectivity index (χ2v) is 8.83. The normalized spacial score (nSPS) is 14.9. The fourth-order valence-corrected chi connectivity index (χ4v) is 4.49. The van der Waals surface area contributed by atoms with Crippen LogP contribution in [0.5, 0.6) is 11.5 Å². The average molecular weight is 522 g/mol. The van der Waals surface area contributed by atoms with Crippen molar-refractivity contribution in [3.8, 4) is 11.5 Å². The van der Waals surface area contributed by atoms with Gasteiger partial charge in [-0.15, -0.1) is 11.3 Å². The Hall–Kier alpha value is -4.51. The van der Waals surface area contributed by atoms with Gasteiger partial charge in [0.25, 0.3) is 11.6 Å². The molecular formula is C26H23N3O7S. The smallest absolute Gasteiger partial charge is 0.331 e. The SMILES string of the molecule is COc1ccc(C2CC(c3cccs3)=NN2C(=O)COC(=O)/C=C/c2ccc([N+](=O)[O-])cc2)cc1OC. The topological polar surface area (TPSA) is 121 Å². The molecule has 4 rings (SSSR count). The monoisotopic (exact) mass is 521 g/mol. The summed E-state index contributed by atoms with van der Waals surface area (Å²) < 4.78 is 15.9. The van der Waals surface area contributed by atoms with Crippen molar-refractivity contribution in [1.29, 1.82) is 0 Å². The van der Waals surface area contributed by atoms with E-state index in [4.69, 9.17) is 14.2 Å². The third kappa shape index (κ3) is 6.01. The van der Waals surface area contributed by atoms with Gasteiger partial charge in [0.05, 0.1) is 35.8 Å². The van der Waals surface area contributed by atoms with E-state index in [1.807, 2.05) is 23.6 Å². The van der Waals surface area contributed by atoms with Crippen LogP contribution in [0.4, 0.5) is 5.69 Å². The molecule has 1 aromatic heterocycles. The van der Waals surface area contributed by atoms with Crippen molar-refractivity contribution in [1.82, 2.24) is 5.01 Å². The molecule has 37 heavy (non-hydrogen) atoms. The maximum atomic E-state index is 13.1. The number of non-ortho nitro benzene ring substituents is 1. The second kappa shape index (κ2) is 11.5. The van der Waals surface area contributed by atoms with Crippen molar-refractivity contribution in [2.75, 3.05) is 20.8 Å². The molecule has 0 radical (unpaired) electrons. The van der Waals surface area contributed by atoms with Crippen molar-refractivity contribution >= 4 is 40.7 Å². The van der Waals surface area contributed by atoms with E-state index in [0.29, 0.717) is 23.5 Å². The Bertz CT molecular complexity index is 1350. The number of nitro groups is 1. The van der Waals surface area contributed by atoms with Gasteiger partial charge in [-0.05, 0) is 52.9 Å². The van der Waals surface area contributed by atoms with Crippen LogP contribution in [0.1, 0.15) is 28.5 Å². The Morgan fingerprint density at radius 2 is 1.89 bits per heavy atom. The van der Waals surface area contributed by atoms with E-state index in [1.165, 1.54) is 53.8 Å². The Labute approximate surface area is 216 Å². The number of ether oxygens (including phenoxy) is 3. The third-order valence-corrected chi connectivity index (χ3v) is 6.54. The highest BCUT2D eigenvalue weighted by molar-refractivity contribution is 7.12. The number of esters is 1. The van der Waals surface area contributed by atoms with E-state index in [0.717, 1.165) is 22.2 Å². The van der Waals surface area contributed by atoms with Crippen LogP contribution in [0.15, 0.2) is 71.2 Å². The molecule has 0 bridgehead atoms. The van der Waals surface area contributed by atoms with E-state index in [9.17, 15) is 19.7 Å². The van der Waals surface area contributed by atoms with Crippen LogP contribution < -0.4 is 9.47 Å². The van der Waals surface area contributed by atoms with Gasteiger partial charge in [0.15, 0.2) is 18.1 Å². The number of methoxy groups -OCH3 is 2. The van der Waals surface area contributed by atoms with Crippen LogP contribution >= 0.6 is 11.3 Å². The van der Waals surface area contributed by atoms with Gasteiger partial charge in [-0.25, -0.2) is 9.80 Å². The Balaban J connectivity index is 1.47. The quantitative estimate of drug-likeness (QED) is 0.175. The summed E-state index contributed by atoms with van der Waals surface area (Å²) in [6.45, 7) is -0.506. The summed E-state index contributed by atoms with van der Waals surface area (Å²) >= 11 is 1.52. The first-order chi connectivity index (χ1) is 17.9. The highest BCUT2D eigenvalue weighted by atomic mass is 32.1. The summed E-state index contributed by atoms with van der Waals surface area (Å²) in [5.74, 6) is -0.116. The number of amides is 1. The predicted molar refractivity (Wildman–Crippen MR) is 138 cm³/mol. The van der Waals surface area contributed by atoms with Crippen molar-refractivity contribution in [3.05, 3.63) is 92.2 Å². The highest BCUT2D eigenvalue weighted by Gasteiger charge is 2.34. The Kier molecular flexibility index (Phi) is 7.94. The Morgan fingerprint density at radius 1 is 1.14 bits per heavy atom. The van der Waals surface area contributed by atoms with Gasteiger partial charge in [0, 0.05) is 24.6 Å². The van der Waals surface area contributed by atoms with Crippen molar-refractivity contribution < 1.29 is 28.7 Å². The first-order valence-electron chi connectivity index (χ1n) is 11.1. The van der Waals surface area contributed by atoms with Gasteiger partial charge in [0.1, 0.15) is 0 Å². The Morgan fingerprint density at radius 3 is 2.54 bits per heavy atom. The molecule has 0 saturated heterocycles. The summed E-state index contributed by atoms with van der Waals surface area (Å²) in [7, 11) is 3.09. The first kappa shape index (κ1) is 25.6. The molecule has 1 amide bonds. The zero-order chi connectivity index (χ0) is 26.4. The summed E-state index contributed by atoms with van der Waals surface area (Å²) in [6, 6.07) is 14.5. The van der Waals surface area contributed by atoms with Crippen LogP contribution in [0.2, 0.25) is 0 Å². The van der Waals surface area contributed by atoms with E-state index >= 15 is 0 Å². The second-order valence-electron chi connectivity index (χ2n) is 7.89. The molecule has 1 unspecified atom stereocenters. The molecule has 0 fully saturated rings. The molecule has 0 aliphatic carbocycles. The van der Waals surface area contributed by atoms with Crippen molar-refractivity contribution in [2.24, 2.45) is 5.10 Å². The molecule has 3 aromatic rings. The number of thiophene rings is 1. The number of nitro benzene ring substituents is 1. The van der Waals surface area contributed by atoms with E-state index in [-0.39, 0.29) is 5.69 Å². The maximum absolute atomic E-state index is 13.1. The predicted octanol–water partition coefficient (Wildman–Crippen LogP) is 4.61. The molecule has 0 saturated carbocycles. The fraction of sp³-hybridized carbons (Fsp3) is 0.192. The molecule has 1 aliphatic heterocycles. The molecule has 190 valence electrons. The van der Waals surface area contributed by atoms with E-state index in [1.54, 1.807) is 19.2 Å². The zero-order valence-corrected chi connectivity index (χ0v) is 20.8. The summed E-state index contributed by atoms with van der Waals surface area (Å²) in [4.78, 5) is 36.5. The van der Waals surface area contributed by atoms with Crippen LogP contribution in [0, 0.1) is 10.1 Å². The molecule has 10 nitrogen and oxygen atoms in total. The van der Waals surface area contributed by atoms with Crippen molar-refractivity contribution in [3.63, 3.8) is 0 Å². The van der Waals surface area contributed by atoms with Crippen LogP contribution in [0.25, 0.3) is 6.08 Å². The van der Waals surface area contributed by atoms with Crippen LogP contribution in [-0.4, -0.2) is 48.3 Å². The summed E-state index contributed by atoms with van der Waals surface area (Å²) in [6.07, 6.45) is 3.09. The molecule has 2 heterocycles. The number of hydrogen-bond donors (Lipinski definition) is 0. The lowest BCUT2D eigenvalue weighted by Crippen LogP contribution is -2.31. The lowest BCUT2D eigenvalue weighted by molar-refractivity contribution is -0.384. The van der Waals surface area contributed by atoms with Gasteiger partial charge < -0.3 is 14.2 Å². The molecule has 1 atom stereocenters. The lowest BCUT2D eigenvalue weighted by Gasteiger charge is -2.22. The lowest BCUT2D eigenvalue weighted by atomic mass is 10.0.